The van der Waals surface area contributed by atoms with Crippen LogP contribution in [-0.2, 0) is 26.1 Å². The van der Waals surface area contributed by atoms with Crippen LogP contribution >= 0.6 is 0 Å². The molecule has 2 aliphatic rings. The van der Waals surface area contributed by atoms with Crippen molar-refractivity contribution in [1.29, 1.82) is 0 Å². The van der Waals surface area contributed by atoms with Gasteiger partial charge in [0.05, 0.1) is 35.5 Å². The van der Waals surface area contributed by atoms with Gasteiger partial charge in [-0.05, 0) is 38.0 Å². The summed E-state index contributed by atoms with van der Waals surface area (Å²) in [4.78, 5) is 39.4. The molecular weight excluding hydrogens is 454 g/mol. The number of ether oxygens (including phenoxy) is 3. The van der Waals surface area contributed by atoms with E-state index in [1.54, 1.807) is 48.1 Å². The molecule has 3 amide bonds. The van der Waals surface area contributed by atoms with E-state index in [0.717, 1.165) is 5.69 Å². The van der Waals surface area contributed by atoms with Gasteiger partial charge in [-0.3, -0.25) is 19.1 Å². The van der Waals surface area contributed by atoms with E-state index in [-0.39, 0.29) is 55.6 Å². The van der Waals surface area contributed by atoms with Crippen molar-refractivity contribution in [1.82, 2.24) is 14.7 Å². The normalized spacial score (nSPS) is 21.8. The molecule has 1 fully saturated rings. The van der Waals surface area contributed by atoms with Gasteiger partial charge in [-0.1, -0.05) is 0 Å². The van der Waals surface area contributed by atoms with Crippen LogP contribution < -0.4 is 15.4 Å². The summed E-state index contributed by atoms with van der Waals surface area (Å²) in [7, 11) is 4.98. The highest BCUT2D eigenvalue weighted by molar-refractivity contribution is 6.00. The summed E-state index contributed by atoms with van der Waals surface area (Å²) in [6.07, 6.45) is 2.64. The van der Waals surface area contributed by atoms with Crippen molar-refractivity contribution >= 4 is 29.1 Å². The smallest absolute Gasteiger partial charge is 0.257 e. The molecule has 4 rings (SSSR count). The first kappa shape index (κ1) is 24.7. The third-order valence-electron chi connectivity index (χ3n) is 6.27. The molecule has 0 radical (unpaired) electrons. The summed E-state index contributed by atoms with van der Waals surface area (Å²) >= 11 is 0. The summed E-state index contributed by atoms with van der Waals surface area (Å²) in [6.45, 7) is 2.00. The van der Waals surface area contributed by atoms with E-state index < -0.39 is 0 Å². The maximum Gasteiger partial charge on any atom is 0.257 e. The zero-order valence-corrected chi connectivity index (χ0v) is 20.4. The van der Waals surface area contributed by atoms with Gasteiger partial charge in [-0.15, -0.1) is 0 Å². The molecule has 1 aromatic heterocycles. The maximum atomic E-state index is 13.3. The van der Waals surface area contributed by atoms with E-state index in [1.807, 2.05) is 6.92 Å². The molecule has 3 heterocycles. The second-order valence-corrected chi connectivity index (χ2v) is 8.91. The van der Waals surface area contributed by atoms with Crippen LogP contribution in [0.2, 0.25) is 0 Å². The highest BCUT2D eigenvalue weighted by Crippen LogP contribution is 2.32. The Bertz CT molecular complexity index is 1120. The fourth-order valence-corrected chi connectivity index (χ4v) is 4.56. The van der Waals surface area contributed by atoms with Gasteiger partial charge in [0, 0.05) is 33.1 Å². The molecular formula is C24H31N5O6. The lowest BCUT2D eigenvalue weighted by Gasteiger charge is -2.42. The number of benzene rings is 1. The average Bonchev–Trinajstić information content (AvgIpc) is 3.12. The van der Waals surface area contributed by atoms with Crippen LogP contribution in [0.3, 0.4) is 0 Å². The highest BCUT2D eigenvalue weighted by Gasteiger charge is 2.39. The first-order valence-corrected chi connectivity index (χ1v) is 11.5. The molecule has 1 aromatic carbocycles. The van der Waals surface area contributed by atoms with Crippen LogP contribution in [0.1, 0.15) is 35.3 Å². The number of methoxy groups -OCH3 is 1. The number of aromatic nitrogens is 2. The largest absolute Gasteiger partial charge is 0.490 e. The predicted molar refractivity (Wildman–Crippen MR) is 127 cm³/mol. The Morgan fingerprint density at radius 1 is 1.20 bits per heavy atom. The number of hydrogen-bond donors (Lipinski definition) is 2. The van der Waals surface area contributed by atoms with E-state index in [0.29, 0.717) is 35.5 Å². The van der Waals surface area contributed by atoms with E-state index >= 15 is 0 Å². The van der Waals surface area contributed by atoms with Crippen molar-refractivity contribution in [3.63, 3.8) is 0 Å². The van der Waals surface area contributed by atoms with E-state index in [4.69, 9.17) is 14.2 Å². The molecule has 3 atom stereocenters. The van der Waals surface area contributed by atoms with Gasteiger partial charge in [0.15, 0.2) is 0 Å². The third-order valence-corrected chi connectivity index (χ3v) is 6.27. The van der Waals surface area contributed by atoms with Gasteiger partial charge < -0.3 is 29.7 Å². The zero-order chi connectivity index (χ0) is 25.1. The number of rotatable bonds is 6. The number of hydrogen-bond acceptors (Lipinski definition) is 7. The standard InChI is InChI=1S/C24H31N5O6/c1-14-18(11-28(2)27-14)26-22(30)10-16-6-7-19-21(35-16)12-34-20-8-5-15(25-23(31)13-33-4)9-17(20)24(32)29(19)3/h5,8-9,11,16,19,21H,6-7,10,12-13H2,1-4H3,(H,25,31)(H,26,30)/t16-,19+,21-/m1/s1. The number of amides is 3. The number of carbonyl (C=O) groups excluding carboxylic acids is 3. The third kappa shape index (κ3) is 5.63. The minimum atomic E-state index is -0.370. The fraction of sp³-hybridized carbons (Fsp3) is 0.500. The molecule has 11 nitrogen and oxygen atoms in total. The minimum Gasteiger partial charge on any atom is -0.490 e. The maximum absolute atomic E-state index is 13.3. The molecule has 2 aromatic rings. The van der Waals surface area contributed by atoms with Crippen molar-refractivity contribution in [2.75, 3.05) is 38.0 Å². The molecule has 35 heavy (non-hydrogen) atoms. The molecule has 0 aliphatic carbocycles. The zero-order valence-electron chi connectivity index (χ0n) is 20.4. The van der Waals surface area contributed by atoms with E-state index in [9.17, 15) is 14.4 Å². The Morgan fingerprint density at radius 3 is 2.71 bits per heavy atom. The number of anilines is 2. The van der Waals surface area contributed by atoms with E-state index in [2.05, 4.69) is 15.7 Å². The van der Waals surface area contributed by atoms with Crippen LogP contribution in [0.5, 0.6) is 5.75 Å². The lowest BCUT2D eigenvalue weighted by molar-refractivity contribution is -0.130. The molecule has 2 aliphatic heterocycles. The number of aryl methyl sites for hydroxylation is 2. The van der Waals surface area contributed by atoms with Crippen molar-refractivity contribution in [2.24, 2.45) is 7.05 Å². The number of likely N-dealkylation sites (N-methyl/N-ethyl adjacent to an activating group) is 1. The quantitative estimate of drug-likeness (QED) is 0.638. The van der Waals surface area contributed by atoms with Crippen LogP contribution in [0.4, 0.5) is 11.4 Å². The van der Waals surface area contributed by atoms with Crippen molar-refractivity contribution in [3.05, 3.63) is 35.7 Å². The lowest BCUT2D eigenvalue weighted by atomic mass is 9.94. The summed E-state index contributed by atoms with van der Waals surface area (Å²) in [5, 5.41) is 9.84. The van der Waals surface area contributed by atoms with Crippen LogP contribution in [0.15, 0.2) is 24.4 Å². The Labute approximate surface area is 203 Å². The fourth-order valence-electron chi connectivity index (χ4n) is 4.56. The first-order valence-electron chi connectivity index (χ1n) is 11.5. The number of nitrogens with one attached hydrogen (secondary N) is 2. The van der Waals surface area contributed by atoms with Crippen LogP contribution in [-0.4, -0.2) is 78.0 Å². The SMILES string of the molecule is COCC(=O)Nc1ccc2c(c1)C(=O)N(C)[C@H]1CC[C@H](CC(=O)Nc3cn(C)nc3C)O[C@@H]1CO2. The van der Waals surface area contributed by atoms with Gasteiger partial charge in [0.25, 0.3) is 5.91 Å². The van der Waals surface area contributed by atoms with Gasteiger partial charge in [0.1, 0.15) is 25.1 Å². The molecule has 2 N–H and O–H groups in total. The van der Waals surface area contributed by atoms with Crippen LogP contribution in [0.25, 0.3) is 0 Å². The highest BCUT2D eigenvalue weighted by atomic mass is 16.5. The summed E-state index contributed by atoms with van der Waals surface area (Å²) in [5.41, 5.74) is 2.29. The van der Waals surface area contributed by atoms with Crippen molar-refractivity contribution in [2.45, 2.75) is 44.4 Å². The van der Waals surface area contributed by atoms with E-state index in [1.165, 1.54) is 7.11 Å². The number of fused-ring (bicyclic) bond motifs is 2. The Kier molecular flexibility index (Phi) is 7.37. The van der Waals surface area contributed by atoms with Gasteiger partial charge in [0.2, 0.25) is 11.8 Å². The molecule has 1 saturated heterocycles. The Morgan fingerprint density at radius 2 is 2.00 bits per heavy atom. The molecule has 188 valence electrons. The molecule has 0 saturated carbocycles. The predicted octanol–water partition coefficient (Wildman–Crippen LogP) is 1.72. The molecule has 0 bridgehead atoms. The number of carbonyl (C=O) groups is 3. The van der Waals surface area contributed by atoms with Crippen molar-refractivity contribution < 1.29 is 28.6 Å². The first-order chi connectivity index (χ1) is 16.7. The Hall–Kier alpha value is -3.44. The second kappa shape index (κ2) is 10.4. The number of nitrogens with zero attached hydrogens (tertiary/aromatic N) is 3. The summed E-state index contributed by atoms with van der Waals surface area (Å²) < 4.78 is 18.7. The summed E-state index contributed by atoms with van der Waals surface area (Å²) in [5.74, 6) is -0.256. The molecule has 11 heteroatoms. The molecule has 0 spiro atoms. The van der Waals surface area contributed by atoms with Crippen LogP contribution in [0, 0.1) is 6.92 Å². The lowest BCUT2D eigenvalue weighted by Crippen LogP contribution is -2.53. The van der Waals surface area contributed by atoms with Gasteiger partial charge >= 0.3 is 0 Å². The Balaban J connectivity index is 1.42. The summed E-state index contributed by atoms with van der Waals surface area (Å²) in [6, 6.07) is 4.75. The second-order valence-electron chi connectivity index (χ2n) is 8.91. The van der Waals surface area contributed by atoms with Gasteiger partial charge in [-0.2, -0.15) is 5.10 Å². The topological polar surface area (TPSA) is 124 Å². The minimum absolute atomic E-state index is 0.0798. The monoisotopic (exact) mass is 485 g/mol. The van der Waals surface area contributed by atoms with Gasteiger partial charge in [-0.25, -0.2) is 0 Å². The molecule has 0 unspecified atom stereocenters. The van der Waals surface area contributed by atoms with Crippen molar-refractivity contribution in [3.8, 4) is 5.75 Å². The average molecular weight is 486 g/mol.